The molecule has 0 atom stereocenters. The van der Waals surface area contributed by atoms with Crippen LogP contribution in [0.4, 0.5) is 0 Å². The van der Waals surface area contributed by atoms with Crippen molar-refractivity contribution in [2.24, 2.45) is 5.92 Å². The second kappa shape index (κ2) is 8.39. The summed E-state index contributed by atoms with van der Waals surface area (Å²) in [4.78, 5) is 12.0. The molecule has 1 aromatic rings. The molecule has 1 amide bonds. The van der Waals surface area contributed by atoms with E-state index in [1.165, 1.54) is 0 Å². The number of carbonyl (C=O) groups excluding carboxylic acids is 1. The molecule has 0 bridgehead atoms. The van der Waals surface area contributed by atoms with E-state index in [9.17, 15) is 10.1 Å². The number of methoxy groups -OCH3 is 1. The standard InChI is InChI=1S/C19H24N2O3/c1-13(2)8-9-24-17-7-4-14(11-18(17)23-3)10-15(12-20)19(22)21-16-5-6-16/h4,7,10-11,13,16H,5-6,8-9H2,1-3H3,(H,21,22)/b15-10+. The van der Waals surface area contributed by atoms with E-state index >= 15 is 0 Å². The molecule has 1 aromatic carbocycles. The lowest BCUT2D eigenvalue weighted by atomic mass is 10.1. The number of nitrogens with one attached hydrogen (secondary N) is 1. The number of benzene rings is 1. The molecule has 1 aliphatic carbocycles. The number of hydrogen-bond acceptors (Lipinski definition) is 4. The summed E-state index contributed by atoms with van der Waals surface area (Å²) >= 11 is 0. The lowest BCUT2D eigenvalue weighted by molar-refractivity contribution is -0.117. The highest BCUT2D eigenvalue weighted by molar-refractivity contribution is 6.02. The molecule has 0 unspecified atom stereocenters. The zero-order valence-electron chi connectivity index (χ0n) is 14.5. The molecule has 0 aromatic heterocycles. The van der Waals surface area contributed by atoms with Gasteiger partial charge >= 0.3 is 0 Å². The predicted octanol–water partition coefficient (Wildman–Crippen LogP) is 3.31. The van der Waals surface area contributed by atoms with E-state index < -0.39 is 0 Å². The van der Waals surface area contributed by atoms with Gasteiger partial charge in [-0.15, -0.1) is 0 Å². The molecule has 2 rings (SSSR count). The van der Waals surface area contributed by atoms with E-state index in [-0.39, 0.29) is 17.5 Å². The van der Waals surface area contributed by atoms with E-state index in [1.54, 1.807) is 25.3 Å². The molecule has 1 N–H and O–H groups in total. The topological polar surface area (TPSA) is 71.3 Å². The van der Waals surface area contributed by atoms with Gasteiger partial charge in [0.15, 0.2) is 11.5 Å². The monoisotopic (exact) mass is 328 g/mol. The molecule has 0 spiro atoms. The lowest BCUT2D eigenvalue weighted by Crippen LogP contribution is -2.26. The van der Waals surface area contributed by atoms with Gasteiger partial charge in [0.25, 0.3) is 5.91 Å². The fourth-order valence-electron chi connectivity index (χ4n) is 2.10. The third-order valence-corrected chi connectivity index (χ3v) is 3.73. The Labute approximate surface area is 143 Å². The minimum atomic E-state index is -0.323. The molecule has 1 saturated carbocycles. The molecule has 0 aliphatic heterocycles. The van der Waals surface area contributed by atoms with E-state index in [4.69, 9.17) is 9.47 Å². The largest absolute Gasteiger partial charge is 0.493 e. The number of carbonyl (C=O) groups is 1. The Balaban J connectivity index is 2.10. The Hall–Kier alpha value is -2.48. The van der Waals surface area contributed by atoms with Crippen molar-refractivity contribution in [2.45, 2.75) is 39.2 Å². The Morgan fingerprint density at radius 1 is 1.42 bits per heavy atom. The van der Waals surface area contributed by atoms with Gasteiger partial charge in [-0.05, 0) is 49.0 Å². The first-order chi connectivity index (χ1) is 11.5. The van der Waals surface area contributed by atoms with Crippen LogP contribution in [0, 0.1) is 17.2 Å². The molecule has 24 heavy (non-hydrogen) atoms. The number of amides is 1. The quantitative estimate of drug-likeness (QED) is 0.587. The number of ether oxygens (including phenoxy) is 2. The van der Waals surface area contributed by atoms with E-state index in [2.05, 4.69) is 19.2 Å². The third kappa shape index (κ3) is 5.31. The van der Waals surface area contributed by atoms with Crippen LogP contribution in [0.5, 0.6) is 11.5 Å². The van der Waals surface area contributed by atoms with Gasteiger partial charge in [-0.25, -0.2) is 0 Å². The molecule has 1 fully saturated rings. The molecular formula is C19H24N2O3. The van der Waals surface area contributed by atoms with Crippen LogP contribution in [-0.4, -0.2) is 25.7 Å². The summed E-state index contributed by atoms with van der Waals surface area (Å²) in [6, 6.07) is 7.57. The van der Waals surface area contributed by atoms with E-state index in [0.717, 1.165) is 24.8 Å². The minimum absolute atomic E-state index is 0.0948. The van der Waals surface area contributed by atoms with Crippen LogP contribution >= 0.6 is 0 Å². The number of nitrogens with zero attached hydrogens (tertiary/aromatic N) is 1. The van der Waals surface area contributed by atoms with Crippen molar-refractivity contribution in [3.8, 4) is 17.6 Å². The van der Waals surface area contributed by atoms with Gasteiger partial charge in [0.1, 0.15) is 11.6 Å². The maximum Gasteiger partial charge on any atom is 0.262 e. The van der Waals surface area contributed by atoms with Gasteiger partial charge < -0.3 is 14.8 Å². The summed E-state index contributed by atoms with van der Waals surface area (Å²) in [7, 11) is 1.57. The highest BCUT2D eigenvalue weighted by atomic mass is 16.5. The minimum Gasteiger partial charge on any atom is -0.493 e. The maximum atomic E-state index is 12.0. The van der Waals surface area contributed by atoms with Gasteiger partial charge in [0, 0.05) is 6.04 Å². The van der Waals surface area contributed by atoms with Crippen molar-refractivity contribution in [3.05, 3.63) is 29.3 Å². The summed E-state index contributed by atoms with van der Waals surface area (Å²) in [6.07, 6.45) is 4.50. The van der Waals surface area contributed by atoms with Crippen molar-refractivity contribution >= 4 is 12.0 Å². The molecule has 0 heterocycles. The Morgan fingerprint density at radius 3 is 2.75 bits per heavy atom. The predicted molar refractivity (Wildman–Crippen MR) is 92.7 cm³/mol. The second-order valence-electron chi connectivity index (χ2n) is 6.36. The number of nitriles is 1. The van der Waals surface area contributed by atoms with Crippen LogP contribution in [0.1, 0.15) is 38.7 Å². The SMILES string of the molecule is COc1cc(/C=C(\C#N)C(=O)NC2CC2)ccc1OCCC(C)C. The molecule has 0 saturated heterocycles. The lowest BCUT2D eigenvalue weighted by Gasteiger charge is -2.12. The van der Waals surface area contributed by atoms with Crippen LogP contribution in [0.15, 0.2) is 23.8 Å². The first kappa shape index (κ1) is 17.9. The van der Waals surface area contributed by atoms with Crippen LogP contribution in [-0.2, 0) is 4.79 Å². The smallest absolute Gasteiger partial charge is 0.262 e. The first-order valence-corrected chi connectivity index (χ1v) is 8.27. The zero-order chi connectivity index (χ0) is 17.5. The summed E-state index contributed by atoms with van der Waals surface area (Å²) in [6.45, 7) is 4.91. The highest BCUT2D eigenvalue weighted by Crippen LogP contribution is 2.29. The molecule has 5 nitrogen and oxygen atoms in total. The van der Waals surface area contributed by atoms with Crippen molar-refractivity contribution in [1.29, 1.82) is 5.26 Å². The summed E-state index contributed by atoms with van der Waals surface area (Å²) < 4.78 is 11.1. The van der Waals surface area contributed by atoms with Crippen molar-refractivity contribution in [3.63, 3.8) is 0 Å². The number of rotatable bonds is 8. The highest BCUT2D eigenvalue weighted by Gasteiger charge is 2.24. The average molecular weight is 328 g/mol. The molecule has 1 aliphatic rings. The van der Waals surface area contributed by atoms with Gasteiger partial charge in [0.2, 0.25) is 0 Å². The van der Waals surface area contributed by atoms with Gasteiger partial charge in [0.05, 0.1) is 13.7 Å². The van der Waals surface area contributed by atoms with Crippen molar-refractivity contribution in [2.75, 3.05) is 13.7 Å². The fraction of sp³-hybridized carbons (Fsp3) is 0.474. The second-order valence-corrected chi connectivity index (χ2v) is 6.36. The van der Waals surface area contributed by atoms with Gasteiger partial charge in [-0.3, -0.25) is 4.79 Å². The molecule has 0 radical (unpaired) electrons. The fourth-order valence-corrected chi connectivity index (χ4v) is 2.10. The summed E-state index contributed by atoms with van der Waals surface area (Å²) in [5.74, 6) is 1.50. The van der Waals surface area contributed by atoms with Gasteiger partial charge in [-0.1, -0.05) is 19.9 Å². The van der Waals surface area contributed by atoms with Crippen LogP contribution < -0.4 is 14.8 Å². The van der Waals surface area contributed by atoms with Gasteiger partial charge in [-0.2, -0.15) is 5.26 Å². The van der Waals surface area contributed by atoms with Crippen molar-refractivity contribution in [1.82, 2.24) is 5.32 Å². The molecule has 128 valence electrons. The average Bonchev–Trinajstić information content (AvgIpc) is 3.36. The third-order valence-electron chi connectivity index (χ3n) is 3.73. The Morgan fingerprint density at radius 2 is 2.17 bits per heavy atom. The molecular weight excluding hydrogens is 304 g/mol. The normalized spacial score (nSPS) is 14.2. The van der Waals surface area contributed by atoms with E-state index in [0.29, 0.717) is 24.0 Å². The van der Waals surface area contributed by atoms with Crippen molar-refractivity contribution < 1.29 is 14.3 Å². The summed E-state index contributed by atoms with van der Waals surface area (Å²) in [5, 5.41) is 12.0. The zero-order valence-corrected chi connectivity index (χ0v) is 14.5. The Kier molecular flexibility index (Phi) is 6.25. The molecule has 5 heteroatoms. The van der Waals surface area contributed by atoms with Crippen LogP contribution in [0.2, 0.25) is 0 Å². The summed E-state index contributed by atoms with van der Waals surface area (Å²) in [5.41, 5.74) is 0.822. The van der Waals surface area contributed by atoms with E-state index in [1.807, 2.05) is 12.1 Å². The van der Waals surface area contributed by atoms with Crippen LogP contribution in [0.3, 0.4) is 0 Å². The Bertz CT molecular complexity index is 655. The maximum absolute atomic E-state index is 12.0. The van der Waals surface area contributed by atoms with Crippen LogP contribution in [0.25, 0.3) is 6.08 Å². The first-order valence-electron chi connectivity index (χ1n) is 8.27. The number of hydrogen-bond donors (Lipinski definition) is 1.